The van der Waals surface area contributed by atoms with Crippen molar-refractivity contribution in [1.82, 2.24) is 9.88 Å². The molecule has 1 aromatic carbocycles. The third-order valence-electron chi connectivity index (χ3n) is 4.48. The number of pyridine rings is 1. The van der Waals surface area contributed by atoms with Gasteiger partial charge in [0.25, 0.3) is 0 Å². The molecule has 5 nitrogen and oxygen atoms in total. The van der Waals surface area contributed by atoms with Crippen LogP contribution in [0, 0.1) is 3.57 Å². The molecule has 1 aromatic heterocycles. The number of hydrogen-bond donors (Lipinski definition) is 1. The topological polar surface area (TPSA) is 48.5 Å². The molecule has 0 aliphatic carbocycles. The van der Waals surface area contributed by atoms with Crippen LogP contribution in [-0.4, -0.2) is 48.5 Å². The van der Waals surface area contributed by atoms with E-state index in [1.165, 1.54) is 3.57 Å². The van der Waals surface area contributed by atoms with Gasteiger partial charge >= 0.3 is 0 Å². The van der Waals surface area contributed by atoms with Crippen molar-refractivity contribution < 1.29 is 4.79 Å². The van der Waals surface area contributed by atoms with E-state index in [0.717, 1.165) is 44.0 Å². The molecule has 1 aliphatic heterocycles. The Bertz CT molecular complexity index is 694. The van der Waals surface area contributed by atoms with E-state index in [9.17, 15) is 4.79 Å². The number of rotatable bonds is 5. The van der Waals surface area contributed by atoms with Crippen LogP contribution in [0.3, 0.4) is 0 Å². The largest absolute Gasteiger partial charge is 0.368 e. The summed E-state index contributed by atoms with van der Waals surface area (Å²) in [6.07, 6.45) is 2.21. The number of nitrogens with one attached hydrogen (secondary N) is 1. The second-order valence-electron chi connectivity index (χ2n) is 6.17. The van der Waals surface area contributed by atoms with Crippen molar-refractivity contribution >= 4 is 40.0 Å². The summed E-state index contributed by atoms with van der Waals surface area (Å²) in [5, 5.41) is 2.87. The lowest BCUT2D eigenvalue weighted by atomic mass is 10.1. The molecule has 0 bridgehead atoms. The zero-order valence-corrected chi connectivity index (χ0v) is 16.6. The minimum atomic E-state index is -0.0435. The second kappa shape index (κ2) is 8.62. The number of carbonyl (C=O) groups is 1. The third kappa shape index (κ3) is 5.15. The quantitative estimate of drug-likeness (QED) is 0.712. The molecule has 25 heavy (non-hydrogen) atoms. The van der Waals surface area contributed by atoms with Crippen LogP contribution in [0.1, 0.15) is 12.5 Å². The van der Waals surface area contributed by atoms with Gasteiger partial charge in [-0.25, -0.2) is 4.98 Å². The van der Waals surface area contributed by atoms with Crippen molar-refractivity contribution in [2.45, 2.75) is 13.3 Å². The number of likely N-dealkylation sites (N-methyl/N-ethyl adjacent to an activating group) is 1. The van der Waals surface area contributed by atoms with Gasteiger partial charge in [-0.1, -0.05) is 19.1 Å². The van der Waals surface area contributed by atoms with Crippen LogP contribution in [0.15, 0.2) is 42.6 Å². The highest BCUT2D eigenvalue weighted by Gasteiger charge is 2.16. The van der Waals surface area contributed by atoms with Gasteiger partial charge in [-0.05, 0) is 59.0 Å². The van der Waals surface area contributed by atoms with Crippen molar-refractivity contribution in [1.29, 1.82) is 0 Å². The molecule has 0 radical (unpaired) electrons. The maximum Gasteiger partial charge on any atom is 0.229 e. The van der Waals surface area contributed by atoms with Crippen molar-refractivity contribution in [3.63, 3.8) is 0 Å². The van der Waals surface area contributed by atoms with Gasteiger partial charge in [-0.3, -0.25) is 4.79 Å². The van der Waals surface area contributed by atoms with Gasteiger partial charge in [-0.15, -0.1) is 0 Å². The van der Waals surface area contributed by atoms with Crippen molar-refractivity contribution in [3.05, 3.63) is 51.7 Å². The van der Waals surface area contributed by atoms with Gasteiger partial charge in [0, 0.05) is 29.7 Å². The van der Waals surface area contributed by atoms with Gasteiger partial charge in [0.1, 0.15) is 5.82 Å². The summed E-state index contributed by atoms with van der Waals surface area (Å²) in [7, 11) is 0. The molecule has 132 valence electrons. The van der Waals surface area contributed by atoms with Crippen molar-refractivity contribution in [2.24, 2.45) is 0 Å². The van der Waals surface area contributed by atoms with Crippen LogP contribution < -0.4 is 10.2 Å². The minimum Gasteiger partial charge on any atom is -0.368 e. The van der Waals surface area contributed by atoms with Crippen LogP contribution in [0.25, 0.3) is 0 Å². The zero-order chi connectivity index (χ0) is 17.6. The van der Waals surface area contributed by atoms with Crippen LogP contribution >= 0.6 is 22.6 Å². The number of hydrogen-bond acceptors (Lipinski definition) is 4. The normalized spacial score (nSPS) is 15.2. The highest BCUT2D eigenvalue weighted by atomic mass is 127. The summed E-state index contributed by atoms with van der Waals surface area (Å²) in [6.45, 7) is 7.53. The molecule has 1 amide bonds. The van der Waals surface area contributed by atoms with Crippen LogP contribution in [0.4, 0.5) is 11.5 Å². The Balaban J connectivity index is 1.53. The Morgan fingerprint density at radius 1 is 1.12 bits per heavy atom. The fourth-order valence-corrected chi connectivity index (χ4v) is 3.30. The van der Waals surface area contributed by atoms with E-state index in [2.05, 4.69) is 49.6 Å². The SMILES string of the molecule is CCN1CCN(c2ccc(NC(=O)Cc3ccc(I)cc3)nc2)CC1. The molecule has 1 saturated heterocycles. The average molecular weight is 450 g/mol. The summed E-state index contributed by atoms with van der Waals surface area (Å²) in [5.41, 5.74) is 2.12. The molecule has 1 N–H and O–H groups in total. The van der Waals surface area contributed by atoms with E-state index < -0.39 is 0 Å². The van der Waals surface area contributed by atoms with Crippen LogP contribution in [0.2, 0.25) is 0 Å². The van der Waals surface area contributed by atoms with E-state index in [0.29, 0.717) is 12.2 Å². The number of piperazine rings is 1. The fourth-order valence-electron chi connectivity index (χ4n) is 2.94. The summed E-state index contributed by atoms with van der Waals surface area (Å²) >= 11 is 2.26. The molecule has 2 aromatic rings. The molecule has 0 unspecified atom stereocenters. The monoisotopic (exact) mass is 450 g/mol. The lowest BCUT2D eigenvalue weighted by Crippen LogP contribution is -2.46. The Labute approximate surface area is 162 Å². The standard InChI is InChI=1S/C19H23IN4O/c1-2-23-9-11-24(12-10-23)17-7-8-18(21-14-17)22-19(25)13-15-3-5-16(20)6-4-15/h3-8,14H,2,9-13H2,1H3,(H,21,22,25). The number of anilines is 2. The van der Waals surface area contributed by atoms with Gasteiger partial charge in [0.2, 0.25) is 5.91 Å². The van der Waals surface area contributed by atoms with E-state index >= 15 is 0 Å². The maximum atomic E-state index is 12.2. The summed E-state index contributed by atoms with van der Waals surface area (Å²) in [5.74, 6) is 0.560. The van der Waals surface area contributed by atoms with E-state index in [-0.39, 0.29) is 5.91 Å². The van der Waals surface area contributed by atoms with Crippen molar-refractivity contribution in [2.75, 3.05) is 42.9 Å². The number of amides is 1. The molecular formula is C19H23IN4O. The molecule has 2 heterocycles. The predicted molar refractivity (Wildman–Crippen MR) is 110 cm³/mol. The molecular weight excluding hydrogens is 427 g/mol. The molecule has 1 fully saturated rings. The average Bonchev–Trinajstić information content (AvgIpc) is 2.64. The van der Waals surface area contributed by atoms with Gasteiger partial charge in [0.05, 0.1) is 18.3 Å². The third-order valence-corrected chi connectivity index (χ3v) is 5.20. The molecule has 0 atom stereocenters. The first kappa shape index (κ1) is 18.1. The highest BCUT2D eigenvalue weighted by Crippen LogP contribution is 2.17. The second-order valence-corrected chi connectivity index (χ2v) is 7.42. The minimum absolute atomic E-state index is 0.0435. The zero-order valence-electron chi connectivity index (χ0n) is 14.4. The molecule has 0 spiro atoms. The molecule has 1 aliphatic rings. The number of carbonyl (C=O) groups excluding carboxylic acids is 1. The smallest absolute Gasteiger partial charge is 0.229 e. The summed E-state index contributed by atoms with van der Waals surface area (Å²) < 4.78 is 1.17. The Morgan fingerprint density at radius 3 is 2.44 bits per heavy atom. The van der Waals surface area contributed by atoms with Gasteiger partial charge < -0.3 is 15.1 Å². The van der Waals surface area contributed by atoms with E-state index in [1.807, 2.05) is 42.6 Å². The Morgan fingerprint density at radius 2 is 1.84 bits per heavy atom. The molecule has 3 rings (SSSR count). The number of aromatic nitrogens is 1. The molecule has 0 saturated carbocycles. The summed E-state index contributed by atoms with van der Waals surface area (Å²) in [6, 6.07) is 11.9. The number of benzene rings is 1. The van der Waals surface area contributed by atoms with Gasteiger partial charge in [-0.2, -0.15) is 0 Å². The Hall–Kier alpha value is -1.67. The van der Waals surface area contributed by atoms with E-state index in [1.54, 1.807) is 0 Å². The van der Waals surface area contributed by atoms with Crippen LogP contribution in [0.5, 0.6) is 0 Å². The van der Waals surface area contributed by atoms with Gasteiger partial charge in [0.15, 0.2) is 0 Å². The predicted octanol–water partition coefficient (Wildman–Crippen LogP) is 3.01. The van der Waals surface area contributed by atoms with Crippen LogP contribution in [-0.2, 0) is 11.2 Å². The van der Waals surface area contributed by atoms with E-state index in [4.69, 9.17) is 0 Å². The highest BCUT2D eigenvalue weighted by molar-refractivity contribution is 14.1. The molecule has 6 heteroatoms. The first-order valence-corrected chi connectivity index (χ1v) is 9.69. The lowest BCUT2D eigenvalue weighted by molar-refractivity contribution is -0.115. The first-order valence-electron chi connectivity index (χ1n) is 8.61. The number of nitrogens with zero attached hydrogens (tertiary/aromatic N) is 3. The number of halogens is 1. The fraction of sp³-hybridized carbons (Fsp3) is 0.368. The Kier molecular flexibility index (Phi) is 6.25. The van der Waals surface area contributed by atoms with Crippen molar-refractivity contribution in [3.8, 4) is 0 Å². The first-order chi connectivity index (χ1) is 12.1. The lowest BCUT2D eigenvalue weighted by Gasteiger charge is -2.35. The summed E-state index contributed by atoms with van der Waals surface area (Å²) in [4.78, 5) is 21.3. The maximum absolute atomic E-state index is 12.2.